The van der Waals surface area contributed by atoms with E-state index < -0.39 is 47.4 Å². The second-order valence-electron chi connectivity index (χ2n) is 8.66. The summed E-state index contributed by atoms with van der Waals surface area (Å²) in [6.07, 6.45) is -2.41. The molecule has 0 unspecified atom stereocenters. The lowest BCUT2D eigenvalue weighted by atomic mass is 9.79. The van der Waals surface area contributed by atoms with Gasteiger partial charge in [0.25, 0.3) is 0 Å². The van der Waals surface area contributed by atoms with E-state index >= 15 is 0 Å². The Labute approximate surface area is 189 Å². The van der Waals surface area contributed by atoms with Crippen LogP contribution in [-0.2, 0) is 14.3 Å². The van der Waals surface area contributed by atoms with Gasteiger partial charge in [-0.15, -0.1) is 0 Å². The average Bonchev–Trinajstić information content (AvgIpc) is 3.26. The summed E-state index contributed by atoms with van der Waals surface area (Å²) in [5.41, 5.74) is -1.29. The molecule has 2 aromatic rings. The van der Waals surface area contributed by atoms with Crippen molar-refractivity contribution in [3.05, 3.63) is 72.3 Å². The molecule has 0 aliphatic heterocycles. The zero-order valence-electron chi connectivity index (χ0n) is 18.4. The molecule has 3 atom stereocenters. The number of alkyl halides is 3. The average molecular weight is 462 g/mol. The predicted octanol–water partition coefficient (Wildman–Crippen LogP) is 5.97. The minimum Gasteiger partial charge on any atom is -0.481 e. The molecule has 0 spiro atoms. The lowest BCUT2D eigenvalue weighted by molar-refractivity contribution is -0.182. The van der Waals surface area contributed by atoms with Crippen molar-refractivity contribution >= 4 is 11.9 Å². The van der Waals surface area contributed by atoms with Crippen molar-refractivity contribution in [2.45, 2.75) is 32.9 Å². The Bertz CT molecular complexity index is 1050. The maximum Gasteiger partial charge on any atom is 0.422 e. The number of halogens is 3. The molecule has 5 nitrogen and oxygen atoms in total. The molecule has 1 N–H and O–H groups in total. The molecule has 8 heteroatoms. The van der Waals surface area contributed by atoms with Crippen LogP contribution in [0.2, 0.25) is 0 Å². The number of hydrogen-bond donors (Lipinski definition) is 1. The number of esters is 1. The molecule has 0 amide bonds. The predicted molar refractivity (Wildman–Crippen MR) is 115 cm³/mol. The highest BCUT2D eigenvalue weighted by atomic mass is 19.4. The summed E-state index contributed by atoms with van der Waals surface area (Å²) in [6.45, 7) is 3.61. The van der Waals surface area contributed by atoms with E-state index in [1.54, 1.807) is 57.2 Å². The van der Waals surface area contributed by atoms with Crippen LogP contribution in [-0.4, -0.2) is 29.8 Å². The maximum atomic E-state index is 12.5. The normalized spacial score (nSPS) is 22.5. The van der Waals surface area contributed by atoms with Crippen molar-refractivity contribution in [2.24, 2.45) is 16.7 Å². The van der Waals surface area contributed by atoms with E-state index in [0.29, 0.717) is 11.5 Å². The molecule has 0 saturated heterocycles. The first-order chi connectivity index (χ1) is 15.4. The van der Waals surface area contributed by atoms with Crippen LogP contribution < -0.4 is 4.74 Å². The summed E-state index contributed by atoms with van der Waals surface area (Å²) in [5.74, 6) is -2.10. The van der Waals surface area contributed by atoms with E-state index in [-0.39, 0.29) is 0 Å². The number of benzene rings is 2. The minimum absolute atomic E-state index is 0.481. The Kier molecular flexibility index (Phi) is 6.58. The molecule has 0 bridgehead atoms. The first-order valence-corrected chi connectivity index (χ1v) is 10.4. The molecule has 0 aromatic heterocycles. The topological polar surface area (TPSA) is 72.8 Å². The van der Waals surface area contributed by atoms with Crippen LogP contribution in [0, 0.1) is 16.7 Å². The van der Waals surface area contributed by atoms with Gasteiger partial charge in [0, 0.05) is 12.0 Å². The van der Waals surface area contributed by atoms with Crippen LogP contribution >= 0.6 is 0 Å². The number of ether oxygens (including phenoxy) is 2. The third-order valence-electron chi connectivity index (χ3n) is 6.43. The van der Waals surface area contributed by atoms with Crippen molar-refractivity contribution in [1.29, 1.82) is 0 Å². The van der Waals surface area contributed by atoms with Gasteiger partial charge in [0.2, 0.25) is 0 Å². The number of carboxylic acids is 1. The summed E-state index contributed by atoms with van der Waals surface area (Å²) < 4.78 is 46.8. The molecule has 1 aliphatic carbocycles. The zero-order valence-corrected chi connectivity index (χ0v) is 18.4. The fourth-order valence-corrected chi connectivity index (χ4v) is 4.76. The van der Waals surface area contributed by atoms with Gasteiger partial charge in [-0.1, -0.05) is 57.2 Å². The van der Waals surface area contributed by atoms with Gasteiger partial charge < -0.3 is 14.6 Å². The second kappa shape index (κ2) is 8.92. The first-order valence-electron chi connectivity index (χ1n) is 10.4. The third-order valence-corrected chi connectivity index (χ3v) is 6.43. The quantitative estimate of drug-likeness (QED) is 0.386. The van der Waals surface area contributed by atoms with Crippen molar-refractivity contribution in [3.63, 3.8) is 0 Å². The van der Waals surface area contributed by atoms with Gasteiger partial charge in [-0.3, -0.25) is 4.79 Å². The molecular formula is C25H25F3O5. The number of carbonyl (C=O) groups excluding carboxylic acids is 1. The number of aliphatic carboxylic acids is 1. The van der Waals surface area contributed by atoms with Gasteiger partial charge >= 0.3 is 18.1 Å². The number of carbonyl (C=O) groups is 2. The molecule has 0 heterocycles. The Morgan fingerprint density at radius 3 is 2.33 bits per heavy atom. The van der Waals surface area contributed by atoms with Gasteiger partial charge in [-0.25, -0.2) is 4.79 Å². The number of carboxylic acid groups (broad SMARTS) is 1. The van der Waals surface area contributed by atoms with Crippen LogP contribution in [0.15, 0.2) is 66.7 Å². The van der Waals surface area contributed by atoms with E-state index in [1.807, 2.05) is 18.2 Å². The molecular weight excluding hydrogens is 437 g/mol. The highest BCUT2D eigenvalue weighted by molar-refractivity contribution is 5.85. The van der Waals surface area contributed by atoms with E-state index in [9.17, 15) is 27.9 Å². The first kappa shape index (κ1) is 24.4. The van der Waals surface area contributed by atoms with E-state index in [4.69, 9.17) is 4.74 Å². The molecule has 2 aromatic carbocycles. The molecule has 1 saturated carbocycles. The standard InChI is InChI=1S/C25H25F3O5/c1-16(17-8-7-11-19(14-17)33-18-9-5-4-6-10-18)25(22(30)31)20(23(25,2)3)12-13-21(29)32-15-24(26,27)28/h4-14,16,20H,15H2,1-3H3,(H,30,31)/b13-12-/t16-,20+,25-/m0/s1. The SMILES string of the molecule is C[C@@H](c1cccc(Oc2ccccc2)c1)[C@@]1(C(=O)O)[C@H](/C=C\C(=O)OCC(F)(F)F)C1(C)C. The van der Waals surface area contributed by atoms with E-state index in [2.05, 4.69) is 4.74 Å². The number of para-hydroxylation sites is 1. The summed E-state index contributed by atoms with van der Waals surface area (Å²) in [4.78, 5) is 24.2. The lowest BCUT2D eigenvalue weighted by Crippen LogP contribution is -2.28. The maximum absolute atomic E-state index is 12.5. The van der Waals surface area contributed by atoms with Crippen molar-refractivity contribution in [2.75, 3.05) is 6.61 Å². The van der Waals surface area contributed by atoms with Crippen LogP contribution in [0.1, 0.15) is 32.3 Å². The van der Waals surface area contributed by atoms with Gasteiger partial charge in [0.15, 0.2) is 6.61 Å². The van der Waals surface area contributed by atoms with Crippen molar-refractivity contribution in [1.82, 2.24) is 0 Å². The molecule has 1 aliphatic rings. The van der Waals surface area contributed by atoms with Crippen LogP contribution in [0.4, 0.5) is 13.2 Å². The highest BCUT2D eigenvalue weighted by Crippen LogP contribution is 2.75. The molecule has 33 heavy (non-hydrogen) atoms. The Morgan fingerprint density at radius 2 is 1.73 bits per heavy atom. The van der Waals surface area contributed by atoms with E-state index in [1.165, 1.54) is 6.08 Å². The Balaban J connectivity index is 1.83. The number of hydrogen-bond acceptors (Lipinski definition) is 4. The van der Waals surface area contributed by atoms with E-state index in [0.717, 1.165) is 11.6 Å². The van der Waals surface area contributed by atoms with Crippen LogP contribution in [0.3, 0.4) is 0 Å². The minimum atomic E-state index is -4.63. The van der Waals surface area contributed by atoms with Gasteiger partial charge in [-0.05, 0) is 41.2 Å². The number of allylic oxidation sites excluding steroid dienone is 1. The van der Waals surface area contributed by atoms with Gasteiger partial charge in [-0.2, -0.15) is 13.2 Å². The van der Waals surface area contributed by atoms with Crippen molar-refractivity contribution < 1.29 is 37.3 Å². The Morgan fingerprint density at radius 1 is 1.09 bits per heavy atom. The van der Waals surface area contributed by atoms with Crippen LogP contribution in [0.5, 0.6) is 11.5 Å². The van der Waals surface area contributed by atoms with Crippen LogP contribution in [0.25, 0.3) is 0 Å². The molecule has 176 valence electrons. The zero-order chi connectivity index (χ0) is 24.4. The molecule has 1 fully saturated rings. The Hall–Kier alpha value is -3.29. The highest BCUT2D eigenvalue weighted by Gasteiger charge is 2.76. The third kappa shape index (κ3) is 4.89. The number of rotatable bonds is 8. The fourth-order valence-electron chi connectivity index (χ4n) is 4.76. The summed E-state index contributed by atoms with van der Waals surface area (Å²) in [7, 11) is 0. The smallest absolute Gasteiger partial charge is 0.422 e. The van der Waals surface area contributed by atoms with Gasteiger partial charge in [0.1, 0.15) is 11.5 Å². The second-order valence-corrected chi connectivity index (χ2v) is 8.66. The summed E-state index contributed by atoms with van der Waals surface area (Å²) in [6, 6.07) is 16.3. The molecule has 0 radical (unpaired) electrons. The summed E-state index contributed by atoms with van der Waals surface area (Å²) in [5, 5.41) is 10.2. The monoisotopic (exact) mass is 462 g/mol. The fraction of sp³-hybridized carbons (Fsp3) is 0.360. The molecule has 3 rings (SSSR count). The van der Waals surface area contributed by atoms with Crippen molar-refractivity contribution in [3.8, 4) is 11.5 Å². The van der Waals surface area contributed by atoms with Gasteiger partial charge in [0.05, 0.1) is 5.41 Å². The summed E-state index contributed by atoms with van der Waals surface area (Å²) >= 11 is 0. The lowest BCUT2D eigenvalue weighted by Gasteiger charge is -2.24. The largest absolute Gasteiger partial charge is 0.481 e.